The van der Waals surface area contributed by atoms with Crippen molar-refractivity contribution in [3.05, 3.63) is 28.2 Å². The molecule has 4 heteroatoms. The van der Waals surface area contributed by atoms with Crippen molar-refractivity contribution in [3.63, 3.8) is 0 Å². The average Bonchev–Trinajstić information content (AvgIpc) is 2.32. The fourth-order valence-electron chi connectivity index (χ4n) is 2.72. The Kier molecular flexibility index (Phi) is 3.62. The Morgan fingerprint density at radius 3 is 2.94 bits per heavy atom. The van der Waals surface area contributed by atoms with Gasteiger partial charge in [0.2, 0.25) is 0 Å². The molecule has 1 fully saturated rings. The molecule has 1 N–H and O–H groups in total. The van der Waals surface area contributed by atoms with Gasteiger partial charge in [-0.25, -0.2) is 4.68 Å². The Balaban J connectivity index is 2.35. The Morgan fingerprint density at radius 1 is 1.47 bits per heavy atom. The second-order valence-electron chi connectivity index (χ2n) is 4.96. The van der Waals surface area contributed by atoms with E-state index in [-0.39, 0.29) is 17.7 Å². The van der Waals surface area contributed by atoms with Gasteiger partial charge in [0.15, 0.2) is 0 Å². The average molecular weight is 236 g/mol. The Labute approximate surface area is 101 Å². The van der Waals surface area contributed by atoms with Crippen molar-refractivity contribution in [2.75, 3.05) is 0 Å². The van der Waals surface area contributed by atoms with Gasteiger partial charge in [-0.1, -0.05) is 13.3 Å². The lowest BCUT2D eigenvalue weighted by molar-refractivity contribution is 0.0646. The molecule has 0 aliphatic heterocycles. The predicted molar refractivity (Wildman–Crippen MR) is 65.9 cm³/mol. The first-order valence-corrected chi connectivity index (χ1v) is 6.36. The predicted octanol–water partition coefficient (Wildman–Crippen LogP) is 1.66. The largest absolute Gasteiger partial charge is 0.393 e. The molecule has 4 nitrogen and oxygen atoms in total. The molecular formula is C13H20N2O2. The maximum Gasteiger partial charge on any atom is 0.267 e. The van der Waals surface area contributed by atoms with E-state index in [9.17, 15) is 9.90 Å². The topological polar surface area (TPSA) is 55.1 Å². The van der Waals surface area contributed by atoms with Crippen LogP contribution in [0.4, 0.5) is 0 Å². The van der Waals surface area contributed by atoms with Crippen LogP contribution >= 0.6 is 0 Å². The molecule has 0 radical (unpaired) electrons. The lowest BCUT2D eigenvalue weighted by Gasteiger charge is -2.34. The first kappa shape index (κ1) is 12.3. The van der Waals surface area contributed by atoms with Gasteiger partial charge in [-0.05, 0) is 38.2 Å². The summed E-state index contributed by atoms with van der Waals surface area (Å²) in [5, 5.41) is 14.1. The van der Waals surface area contributed by atoms with Gasteiger partial charge >= 0.3 is 0 Å². The smallest absolute Gasteiger partial charge is 0.267 e. The number of aliphatic hydroxyl groups excluding tert-OH is 1. The van der Waals surface area contributed by atoms with E-state index in [1.165, 1.54) is 0 Å². The minimum absolute atomic E-state index is 0.0520. The maximum absolute atomic E-state index is 11.9. The van der Waals surface area contributed by atoms with E-state index in [4.69, 9.17) is 0 Å². The van der Waals surface area contributed by atoms with Crippen molar-refractivity contribution in [2.24, 2.45) is 5.92 Å². The van der Waals surface area contributed by atoms with E-state index < -0.39 is 0 Å². The lowest BCUT2D eigenvalue weighted by Crippen LogP contribution is -2.37. The van der Waals surface area contributed by atoms with Gasteiger partial charge in [0.05, 0.1) is 17.8 Å². The van der Waals surface area contributed by atoms with Crippen molar-refractivity contribution < 1.29 is 5.11 Å². The molecule has 1 aliphatic rings. The van der Waals surface area contributed by atoms with E-state index in [0.29, 0.717) is 12.3 Å². The van der Waals surface area contributed by atoms with Crippen LogP contribution in [-0.4, -0.2) is 21.0 Å². The van der Waals surface area contributed by atoms with Gasteiger partial charge in [0.1, 0.15) is 0 Å². The summed E-state index contributed by atoms with van der Waals surface area (Å²) >= 11 is 0. The Hall–Kier alpha value is -1.16. The molecule has 1 heterocycles. The van der Waals surface area contributed by atoms with E-state index in [1.54, 1.807) is 16.8 Å². The van der Waals surface area contributed by atoms with E-state index in [1.807, 2.05) is 6.92 Å². The molecule has 0 amide bonds. The third-order valence-corrected chi connectivity index (χ3v) is 3.73. The minimum Gasteiger partial charge on any atom is -0.393 e. The molecule has 1 aromatic heterocycles. The molecule has 2 rings (SSSR count). The zero-order valence-electron chi connectivity index (χ0n) is 10.5. The zero-order valence-corrected chi connectivity index (χ0v) is 10.5. The van der Waals surface area contributed by atoms with Crippen molar-refractivity contribution in [1.82, 2.24) is 9.78 Å². The van der Waals surface area contributed by atoms with Crippen molar-refractivity contribution >= 4 is 0 Å². The summed E-state index contributed by atoms with van der Waals surface area (Å²) in [5.74, 6) is 0.449. The first-order valence-electron chi connectivity index (χ1n) is 6.36. The van der Waals surface area contributed by atoms with Crippen LogP contribution in [0.15, 0.2) is 16.9 Å². The molecule has 1 saturated carbocycles. The summed E-state index contributed by atoms with van der Waals surface area (Å²) in [6, 6.07) is 3.35. The first-order chi connectivity index (χ1) is 8.11. The minimum atomic E-state index is -0.294. The van der Waals surface area contributed by atoms with Crippen molar-refractivity contribution in [2.45, 2.75) is 51.7 Å². The van der Waals surface area contributed by atoms with Gasteiger partial charge in [0.25, 0.3) is 5.56 Å². The van der Waals surface area contributed by atoms with Crippen molar-refractivity contribution in [3.8, 4) is 0 Å². The molecule has 0 aromatic carbocycles. The highest BCUT2D eigenvalue weighted by Crippen LogP contribution is 2.34. The van der Waals surface area contributed by atoms with Crippen LogP contribution in [0.1, 0.15) is 44.3 Å². The van der Waals surface area contributed by atoms with Crippen LogP contribution in [0.3, 0.4) is 0 Å². The highest BCUT2D eigenvalue weighted by molar-refractivity contribution is 4.99. The van der Waals surface area contributed by atoms with Gasteiger partial charge in [0, 0.05) is 6.07 Å². The summed E-state index contributed by atoms with van der Waals surface area (Å²) in [7, 11) is 0. The third-order valence-electron chi connectivity index (χ3n) is 3.73. The van der Waals surface area contributed by atoms with Crippen LogP contribution in [-0.2, 0) is 0 Å². The standard InChI is InChI=1S/C13H20N2O2/c1-3-10-5-6-11(16)8-12(10)15-13(17)7-4-9(2)14-15/h4,7,10-12,16H,3,5-6,8H2,1-2H3. The molecule has 3 atom stereocenters. The summed E-state index contributed by atoms with van der Waals surface area (Å²) in [6.45, 7) is 4.02. The summed E-state index contributed by atoms with van der Waals surface area (Å²) in [5.41, 5.74) is 0.785. The normalized spacial score (nSPS) is 29.2. The van der Waals surface area contributed by atoms with Crippen LogP contribution in [0, 0.1) is 12.8 Å². The molecular weight excluding hydrogens is 216 g/mol. The molecule has 3 unspecified atom stereocenters. The molecule has 0 saturated heterocycles. The second-order valence-corrected chi connectivity index (χ2v) is 4.96. The third kappa shape index (κ3) is 2.57. The molecule has 1 aromatic rings. The molecule has 0 bridgehead atoms. The number of aryl methyl sites for hydroxylation is 1. The number of hydrogen-bond acceptors (Lipinski definition) is 3. The lowest BCUT2D eigenvalue weighted by atomic mass is 9.81. The monoisotopic (exact) mass is 236 g/mol. The van der Waals surface area contributed by atoms with E-state index >= 15 is 0 Å². The number of rotatable bonds is 2. The van der Waals surface area contributed by atoms with E-state index in [2.05, 4.69) is 12.0 Å². The Morgan fingerprint density at radius 2 is 2.24 bits per heavy atom. The number of aromatic nitrogens is 2. The van der Waals surface area contributed by atoms with Gasteiger partial charge < -0.3 is 5.11 Å². The van der Waals surface area contributed by atoms with Crippen LogP contribution in [0.25, 0.3) is 0 Å². The number of nitrogens with zero attached hydrogens (tertiary/aromatic N) is 2. The number of aliphatic hydroxyl groups is 1. The van der Waals surface area contributed by atoms with E-state index in [0.717, 1.165) is 25.0 Å². The Bertz CT molecular complexity index is 441. The quantitative estimate of drug-likeness (QED) is 0.849. The van der Waals surface area contributed by atoms with Crippen molar-refractivity contribution in [1.29, 1.82) is 0 Å². The molecule has 17 heavy (non-hydrogen) atoms. The highest BCUT2D eigenvalue weighted by atomic mass is 16.3. The fraction of sp³-hybridized carbons (Fsp3) is 0.692. The van der Waals surface area contributed by atoms with Crippen LogP contribution in [0.2, 0.25) is 0 Å². The summed E-state index contributed by atoms with van der Waals surface area (Å²) in [6.07, 6.45) is 3.20. The summed E-state index contributed by atoms with van der Waals surface area (Å²) in [4.78, 5) is 11.9. The van der Waals surface area contributed by atoms with Gasteiger partial charge in [-0.2, -0.15) is 5.10 Å². The summed E-state index contributed by atoms with van der Waals surface area (Å²) < 4.78 is 1.58. The van der Waals surface area contributed by atoms with Gasteiger partial charge in [-0.3, -0.25) is 4.79 Å². The zero-order chi connectivity index (χ0) is 12.4. The molecule has 94 valence electrons. The molecule has 0 spiro atoms. The maximum atomic E-state index is 11.9. The fourth-order valence-corrected chi connectivity index (χ4v) is 2.72. The SMILES string of the molecule is CCC1CCC(O)CC1n1nc(C)ccc1=O. The second kappa shape index (κ2) is 5.00. The van der Waals surface area contributed by atoms with Crippen LogP contribution < -0.4 is 5.56 Å². The highest BCUT2D eigenvalue weighted by Gasteiger charge is 2.30. The van der Waals surface area contributed by atoms with Gasteiger partial charge in [-0.15, -0.1) is 0 Å². The molecule has 1 aliphatic carbocycles. The van der Waals surface area contributed by atoms with Crippen LogP contribution in [0.5, 0.6) is 0 Å². The number of hydrogen-bond donors (Lipinski definition) is 1.